The average molecular weight is 316 g/mol. The third kappa shape index (κ3) is 4.09. The van der Waals surface area contributed by atoms with E-state index in [4.69, 9.17) is 15.2 Å². The normalized spacial score (nSPS) is 12.2. The summed E-state index contributed by atoms with van der Waals surface area (Å²) in [6.45, 7) is 4.05. The number of benzene rings is 1. The molecule has 0 saturated heterocycles. The van der Waals surface area contributed by atoms with Crippen LogP contribution in [0.25, 0.3) is 0 Å². The largest absolute Gasteiger partial charge is 0.497 e. The van der Waals surface area contributed by atoms with Crippen LogP contribution in [0.4, 0.5) is 0 Å². The number of nitrogens with two attached hydrogens (primary N) is 1. The molecule has 1 aromatic rings. The Morgan fingerprint density at radius 1 is 1.10 bits per heavy atom. The second-order valence-corrected chi connectivity index (χ2v) is 6.53. The van der Waals surface area contributed by atoms with Crippen LogP contribution in [0.1, 0.15) is 26.7 Å². The lowest BCUT2D eigenvalue weighted by molar-refractivity contribution is 0.362. The van der Waals surface area contributed by atoms with Gasteiger partial charge in [0.05, 0.1) is 19.1 Å². The molecule has 1 rings (SSSR count). The van der Waals surface area contributed by atoms with Crippen LogP contribution in [0.3, 0.4) is 0 Å². The van der Waals surface area contributed by atoms with Gasteiger partial charge >= 0.3 is 0 Å². The van der Waals surface area contributed by atoms with Gasteiger partial charge in [-0.2, -0.15) is 0 Å². The minimum atomic E-state index is -3.71. The van der Waals surface area contributed by atoms with Crippen molar-refractivity contribution in [2.75, 3.05) is 20.8 Å². The summed E-state index contributed by atoms with van der Waals surface area (Å²) in [6.07, 6.45) is 1.22. The Bertz CT molecular complexity index is 538. The number of hydrogen-bond acceptors (Lipinski definition) is 5. The summed E-state index contributed by atoms with van der Waals surface area (Å²) < 4.78 is 38.1. The van der Waals surface area contributed by atoms with Crippen LogP contribution in [0.5, 0.6) is 11.5 Å². The van der Waals surface area contributed by atoms with Crippen molar-refractivity contribution in [3.05, 3.63) is 18.2 Å². The minimum Gasteiger partial charge on any atom is -0.497 e. The zero-order chi connectivity index (χ0) is 16.1. The highest BCUT2D eigenvalue weighted by Gasteiger charge is 2.31. The lowest BCUT2D eigenvalue weighted by Crippen LogP contribution is -2.52. The fourth-order valence-electron chi connectivity index (χ4n) is 2.01. The van der Waals surface area contributed by atoms with Gasteiger partial charge in [-0.1, -0.05) is 13.8 Å². The van der Waals surface area contributed by atoms with Crippen molar-refractivity contribution >= 4 is 10.0 Å². The highest BCUT2D eigenvalue weighted by molar-refractivity contribution is 7.89. The van der Waals surface area contributed by atoms with Crippen LogP contribution in [-0.2, 0) is 10.0 Å². The monoisotopic (exact) mass is 316 g/mol. The standard InChI is InChI=1S/C14H24N2O4S/c1-5-14(6-2,10-15)16-21(17,18)13-8-11(19-3)7-12(9-13)20-4/h7-9,16H,5-6,10,15H2,1-4H3. The Labute approximate surface area is 126 Å². The lowest BCUT2D eigenvalue weighted by Gasteiger charge is -2.31. The molecule has 1 aromatic carbocycles. The van der Waals surface area contributed by atoms with Gasteiger partial charge in [-0.25, -0.2) is 13.1 Å². The molecule has 120 valence electrons. The molecule has 0 atom stereocenters. The summed E-state index contributed by atoms with van der Waals surface area (Å²) in [5.41, 5.74) is 5.11. The maximum absolute atomic E-state index is 12.6. The first-order valence-electron chi connectivity index (χ1n) is 6.83. The summed E-state index contributed by atoms with van der Waals surface area (Å²) in [6, 6.07) is 4.53. The number of hydrogen-bond donors (Lipinski definition) is 2. The van der Waals surface area contributed by atoms with Crippen LogP contribution >= 0.6 is 0 Å². The van der Waals surface area contributed by atoms with E-state index >= 15 is 0 Å². The maximum Gasteiger partial charge on any atom is 0.241 e. The smallest absolute Gasteiger partial charge is 0.241 e. The molecule has 0 bridgehead atoms. The molecule has 0 spiro atoms. The summed E-state index contributed by atoms with van der Waals surface area (Å²) >= 11 is 0. The molecule has 0 radical (unpaired) electrons. The Morgan fingerprint density at radius 2 is 1.57 bits per heavy atom. The molecule has 0 saturated carbocycles. The van der Waals surface area contributed by atoms with Gasteiger partial charge in [-0.3, -0.25) is 0 Å². The van der Waals surface area contributed by atoms with E-state index in [9.17, 15) is 8.42 Å². The second-order valence-electron chi connectivity index (χ2n) is 4.85. The number of rotatable bonds is 8. The lowest BCUT2D eigenvalue weighted by atomic mass is 9.95. The van der Waals surface area contributed by atoms with Crippen molar-refractivity contribution in [3.63, 3.8) is 0 Å². The summed E-state index contributed by atoms with van der Waals surface area (Å²) in [7, 11) is -0.763. The zero-order valence-corrected chi connectivity index (χ0v) is 13.8. The molecule has 21 heavy (non-hydrogen) atoms. The molecule has 0 aromatic heterocycles. The first-order chi connectivity index (χ1) is 9.86. The van der Waals surface area contributed by atoms with Crippen molar-refractivity contribution in [1.82, 2.24) is 4.72 Å². The number of sulfonamides is 1. The summed E-state index contributed by atoms with van der Waals surface area (Å²) in [5.74, 6) is 0.835. The molecule has 0 aliphatic heterocycles. The van der Waals surface area contributed by atoms with Gasteiger partial charge in [-0.05, 0) is 12.8 Å². The molecule has 7 heteroatoms. The molecule has 3 N–H and O–H groups in total. The van der Waals surface area contributed by atoms with Crippen molar-refractivity contribution in [1.29, 1.82) is 0 Å². The highest BCUT2D eigenvalue weighted by atomic mass is 32.2. The molecule has 0 aliphatic rings. The second kappa shape index (κ2) is 7.11. The number of nitrogens with one attached hydrogen (secondary N) is 1. The fourth-order valence-corrected chi connectivity index (χ4v) is 3.61. The SMILES string of the molecule is CCC(CC)(CN)NS(=O)(=O)c1cc(OC)cc(OC)c1. The van der Waals surface area contributed by atoms with Crippen molar-refractivity contribution < 1.29 is 17.9 Å². The molecular formula is C14H24N2O4S. The summed E-state index contributed by atoms with van der Waals surface area (Å²) in [5, 5.41) is 0. The van der Waals surface area contributed by atoms with E-state index in [-0.39, 0.29) is 11.4 Å². The number of ether oxygens (including phenoxy) is 2. The van der Waals surface area contributed by atoms with E-state index in [2.05, 4.69) is 4.72 Å². The Hall–Kier alpha value is -1.31. The molecule has 0 unspecified atom stereocenters. The average Bonchev–Trinajstić information content (AvgIpc) is 2.52. The Kier molecular flexibility index (Phi) is 6.00. The van der Waals surface area contributed by atoms with E-state index in [0.29, 0.717) is 24.3 Å². The molecule has 6 nitrogen and oxygen atoms in total. The quantitative estimate of drug-likeness (QED) is 0.758. The van der Waals surface area contributed by atoms with E-state index in [0.717, 1.165) is 0 Å². The van der Waals surface area contributed by atoms with Crippen molar-refractivity contribution in [2.24, 2.45) is 5.73 Å². The van der Waals surface area contributed by atoms with Crippen LogP contribution < -0.4 is 19.9 Å². The van der Waals surface area contributed by atoms with Crippen molar-refractivity contribution in [3.8, 4) is 11.5 Å². The molecule has 0 aliphatic carbocycles. The van der Waals surface area contributed by atoms with E-state index < -0.39 is 15.6 Å². The van der Waals surface area contributed by atoms with Gasteiger partial charge in [0, 0.05) is 30.3 Å². The Balaban J connectivity index is 3.24. The third-order valence-corrected chi connectivity index (χ3v) is 5.29. The zero-order valence-electron chi connectivity index (χ0n) is 13.0. The van der Waals surface area contributed by atoms with Crippen LogP contribution in [0, 0.1) is 0 Å². The third-order valence-electron chi connectivity index (χ3n) is 3.73. The first-order valence-corrected chi connectivity index (χ1v) is 8.31. The van der Waals surface area contributed by atoms with Crippen molar-refractivity contribution in [2.45, 2.75) is 37.1 Å². The predicted molar refractivity (Wildman–Crippen MR) is 82.2 cm³/mol. The van der Waals surface area contributed by atoms with Gasteiger partial charge < -0.3 is 15.2 Å². The molecular weight excluding hydrogens is 292 g/mol. The van der Waals surface area contributed by atoms with Gasteiger partial charge in [0.2, 0.25) is 10.0 Å². The highest BCUT2D eigenvalue weighted by Crippen LogP contribution is 2.27. The van der Waals surface area contributed by atoms with Crippen LogP contribution in [0.15, 0.2) is 23.1 Å². The van der Waals surface area contributed by atoms with E-state index in [1.165, 1.54) is 26.4 Å². The van der Waals surface area contributed by atoms with Gasteiger partial charge in [0.25, 0.3) is 0 Å². The minimum absolute atomic E-state index is 0.0958. The first kappa shape index (κ1) is 17.7. The fraction of sp³-hybridized carbons (Fsp3) is 0.571. The molecule has 0 fully saturated rings. The van der Waals surface area contributed by atoms with E-state index in [1.807, 2.05) is 13.8 Å². The molecule has 0 heterocycles. The predicted octanol–water partition coefficient (Wildman–Crippen LogP) is 1.50. The topological polar surface area (TPSA) is 90.7 Å². The van der Waals surface area contributed by atoms with Crippen LogP contribution in [0.2, 0.25) is 0 Å². The Morgan fingerprint density at radius 3 is 1.90 bits per heavy atom. The number of methoxy groups -OCH3 is 2. The van der Waals surface area contributed by atoms with Gasteiger partial charge in [0.15, 0.2) is 0 Å². The van der Waals surface area contributed by atoms with Gasteiger partial charge in [0.1, 0.15) is 11.5 Å². The summed E-state index contributed by atoms with van der Waals surface area (Å²) in [4.78, 5) is 0.0958. The van der Waals surface area contributed by atoms with E-state index in [1.54, 1.807) is 6.07 Å². The molecule has 0 amide bonds. The van der Waals surface area contributed by atoms with Gasteiger partial charge in [-0.15, -0.1) is 0 Å². The van der Waals surface area contributed by atoms with Crippen LogP contribution in [-0.4, -0.2) is 34.7 Å². The maximum atomic E-state index is 12.6.